The van der Waals surface area contributed by atoms with E-state index in [-0.39, 0.29) is 0 Å². The first-order valence-corrected chi connectivity index (χ1v) is 7.36. The van der Waals surface area contributed by atoms with E-state index in [1.807, 2.05) is 20.8 Å². The monoisotopic (exact) mass is 230 g/mol. The van der Waals surface area contributed by atoms with Gasteiger partial charge in [0.15, 0.2) is 0 Å². The molecule has 0 spiro atoms. The zero-order valence-electron chi connectivity index (χ0n) is 10.0. The van der Waals surface area contributed by atoms with Crippen molar-refractivity contribution in [3.05, 3.63) is 0 Å². The van der Waals surface area contributed by atoms with Crippen molar-refractivity contribution < 1.29 is 13.3 Å². The van der Waals surface area contributed by atoms with Gasteiger partial charge in [-0.05, 0) is 24.8 Å². The molecule has 0 atom stereocenters. The van der Waals surface area contributed by atoms with Gasteiger partial charge in [0.25, 0.3) is 0 Å². The van der Waals surface area contributed by atoms with E-state index in [0.29, 0.717) is 19.8 Å². The van der Waals surface area contributed by atoms with Gasteiger partial charge in [-0.1, -0.05) is 20.8 Å². The molecule has 0 saturated heterocycles. The molecule has 0 saturated carbocycles. The molecule has 0 rings (SSSR count). The highest BCUT2D eigenvalue weighted by molar-refractivity contribution is 6.69. The van der Waals surface area contributed by atoms with E-state index < -0.39 is 8.80 Å². The zero-order chi connectivity index (χ0) is 11.6. The highest BCUT2D eigenvalue weighted by Gasteiger charge is 2.39. The first-order valence-electron chi connectivity index (χ1n) is 5.64. The molecule has 0 aliphatic heterocycles. The lowest BCUT2D eigenvalue weighted by atomic mass is 10.5. The molecular weight excluding hydrogens is 208 g/mol. The molecule has 0 aromatic heterocycles. The van der Waals surface area contributed by atoms with Crippen LogP contribution in [-0.4, -0.2) is 28.6 Å². The summed E-state index contributed by atoms with van der Waals surface area (Å²) in [4.78, 5) is 0. The minimum Gasteiger partial charge on any atom is -0.364 e. The van der Waals surface area contributed by atoms with E-state index in [2.05, 4.69) is 5.54 Å². The molecule has 0 N–H and O–H groups in total. The third-order valence-corrected chi connectivity index (χ3v) is 3.77. The molecule has 0 aliphatic rings. The first kappa shape index (κ1) is 14.7. The highest BCUT2D eigenvalue weighted by Crippen LogP contribution is 2.10. The smallest absolute Gasteiger partial charge is 0.364 e. The molecule has 0 fully saturated rings. The van der Waals surface area contributed by atoms with Crippen molar-refractivity contribution >= 4 is 8.80 Å². The molecule has 0 aliphatic carbocycles. The van der Waals surface area contributed by atoms with E-state index >= 15 is 0 Å². The van der Waals surface area contributed by atoms with Crippen LogP contribution in [0.15, 0.2) is 0 Å². The van der Waals surface area contributed by atoms with Crippen LogP contribution in [0.5, 0.6) is 0 Å². The molecule has 4 heteroatoms. The Morgan fingerprint density at radius 2 is 1.20 bits per heavy atom. The molecule has 15 heavy (non-hydrogen) atoms. The number of rotatable bonds is 9. The van der Waals surface area contributed by atoms with Gasteiger partial charge in [0.05, 0.1) is 0 Å². The van der Waals surface area contributed by atoms with Crippen molar-refractivity contribution in [3.8, 4) is 12.0 Å². The third kappa shape index (κ3) is 5.95. The van der Waals surface area contributed by atoms with Crippen LogP contribution in [0.25, 0.3) is 0 Å². The Labute approximate surface area is 94.5 Å². The Bertz CT molecular complexity index is 167. The molecule has 0 heterocycles. The van der Waals surface area contributed by atoms with Crippen molar-refractivity contribution in [1.82, 2.24) is 0 Å². The Morgan fingerprint density at radius 3 is 1.40 bits per heavy atom. The van der Waals surface area contributed by atoms with Crippen molar-refractivity contribution in [2.75, 3.05) is 19.8 Å². The van der Waals surface area contributed by atoms with Crippen molar-refractivity contribution in [2.45, 2.75) is 40.0 Å². The summed E-state index contributed by atoms with van der Waals surface area (Å²) < 4.78 is 16.8. The van der Waals surface area contributed by atoms with Gasteiger partial charge in [-0.2, -0.15) is 0 Å². The van der Waals surface area contributed by atoms with Gasteiger partial charge in [0.1, 0.15) is 0 Å². The fraction of sp³-hybridized carbons (Fsp3) is 0.818. The maximum atomic E-state index is 5.59. The summed E-state index contributed by atoms with van der Waals surface area (Å²) in [6, 6.07) is 0. The maximum Gasteiger partial charge on any atom is 0.591 e. The van der Waals surface area contributed by atoms with Crippen LogP contribution >= 0.6 is 0 Å². The van der Waals surface area contributed by atoms with Crippen LogP contribution in [0.2, 0.25) is 0 Å². The van der Waals surface area contributed by atoms with Crippen LogP contribution in [0.1, 0.15) is 40.0 Å². The lowest BCUT2D eigenvalue weighted by molar-refractivity contribution is 0.0743. The number of hydrogen-bond donors (Lipinski definition) is 0. The summed E-state index contributed by atoms with van der Waals surface area (Å²) >= 11 is 0. The molecule has 0 aromatic rings. The van der Waals surface area contributed by atoms with E-state index in [0.717, 1.165) is 19.3 Å². The molecule has 0 radical (unpaired) electrons. The fourth-order valence-corrected chi connectivity index (χ4v) is 2.88. The van der Waals surface area contributed by atoms with Gasteiger partial charge in [0.2, 0.25) is 0 Å². The Kier molecular flexibility index (Phi) is 8.72. The summed E-state index contributed by atoms with van der Waals surface area (Å²) in [6.07, 6.45) is 8.22. The summed E-state index contributed by atoms with van der Waals surface area (Å²) in [6.45, 7) is 7.91. The molecule has 0 aromatic carbocycles. The molecule has 0 bridgehead atoms. The van der Waals surface area contributed by atoms with Crippen molar-refractivity contribution in [3.63, 3.8) is 0 Å². The quantitative estimate of drug-likeness (QED) is 0.449. The number of terminal acetylenes is 1. The van der Waals surface area contributed by atoms with Gasteiger partial charge in [-0.3, -0.25) is 0 Å². The van der Waals surface area contributed by atoms with Gasteiger partial charge >= 0.3 is 8.80 Å². The van der Waals surface area contributed by atoms with Gasteiger partial charge < -0.3 is 13.3 Å². The SMILES string of the molecule is C#C[Si](OCCC)(OCCC)OCCC. The fourth-order valence-electron chi connectivity index (χ4n) is 0.959. The van der Waals surface area contributed by atoms with Gasteiger partial charge in [0, 0.05) is 19.8 Å². The lowest BCUT2D eigenvalue weighted by Gasteiger charge is -2.23. The topological polar surface area (TPSA) is 27.7 Å². The second-order valence-electron chi connectivity index (χ2n) is 3.25. The average molecular weight is 230 g/mol. The Hall–Kier alpha value is -0.343. The standard InChI is InChI=1S/C11H22O3Si/c1-5-9-12-15(8-4,13-10-6-2)14-11-7-3/h4H,5-7,9-11H2,1-3H3. The molecule has 0 amide bonds. The second kappa shape index (κ2) is 8.92. The summed E-state index contributed by atoms with van der Waals surface area (Å²) in [5, 5.41) is 0. The molecule has 3 nitrogen and oxygen atoms in total. The summed E-state index contributed by atoms with van der Waals surface area (Å²) in [5.41, 5.74) is 2.59. The van der Waals surface area contributed by atoms with Gasteiger partial charge in [-0.25, -0.2) is 0 Å². The predicted octanol–water partition coefficient (Wildman–Crippen LogP) is 2.38. The number of hydrogen-bond acceptors (Lipinski definition) is 3. The van der Waals surface area contributed by atoms with Crippen molar-refractivity contribution in [2.24, 2.45) is 0 Å². The Balaban J connectivity index is 4.25. The normalized spacial score (nSPS) is 11.3. The maximum absolute atomic E-state index is 5.59. The van der Waals surface area contributed by atoms with E-state index in [1.54, 1.807) is 0 Å². The van der Waals surface area contributed by atoms with Crippen LogP contribution in [0, 0.1) is 12.0 Å². The minimum atomic E-state index is -2.80. The minimum absolute atomic E-state index is 0.601. The van der Waals surface area contributed by atoms with E-state index in [1.165, 1.54) is 0 Å². The molecule has 88 valence electrons. The summed E-state index contributed by atoms with van der Waals surface area (Å²) in [5.74, 6) is 0. The lowest BCUT2D eigenvalue weighted by Crippen LogP contribution is -2.45. The average Bonchev–Trinajstić information content (AvgIpc) is 2.29. The third-order valence-electron chi connectivity index (χ3n) is 1.67. The molecular formula is C11H22O3Si. The van der Waals surface area contributed by atoms with Gasteiger partial charge in [-0.15, -0.1) is 6.42 Å². The van der Waals surface area contributed by atoms with E-state index in [9.17, 15) is 0 Å². The zero-order valence-corrected chi connectivity index (χ0v) is 11.0. The first-order chi connectivity index (χ1) is 7.24. The van der Waals surface area contributed by atoms with Crippen LogP contribution < -0.4 is 0 Å². The summed E-state index contributed by atoms with van der Waals surface area (Å²) in [7, 11) is -2.80. The Morgan fingerprint density at radius 1 is 0.867 bits per heavy atom. The highest BCUT2D eigenvalue weighted by atomic mass is 28.4. The van der Waals surface area contributed by atoms with Crippen LogP contribution in [-0.2, 0) is 13.3 Å². The van der Waals surface area contributed by atoms with Crippen LogP contribution in [0.4, 0.5) is 0 Å². The van der Waals surface area contributed by atoms with Crippen molar-refractivity contribution in [1.29, 1.82) is 0 Å². The largest absolute Gasteiger partial charge is 0.591 e. The van der Waals surface area contributed by atoms with Crippen LogP contribution in [0.3, 0.4) is 0 Å². The predicted molar refractivity (Wildman–Crippen MR) is 63.3 cm³/mol. The van der Waals surface area contributed by atoms with E-state index in [4.69, 9.17) is 19.7 Å². The molecule has 0 unspecified atom stereocenters. The second-order valence-corrected chi connectivity index (χ2v) is 5.51.